The van der Waals surface area contributed by atoms with Gasteiger partial charge in [-0.2, -0.15) is 0 Å². The van der Waals surface area contributed by atoms with E-state index in [0.29, 0.717) is 6.42 Å². The molecule has 0 radical (unpaired) electrons. The van der Waals surface area contributed by atoms with E-state index in [4.69, 9.17) is 6.42 Å². The lowest BCUT2D eigenvalue weighted by molar-refractivity contribution is -0.160. The molecule has 2 heterocycles. The van der Waals surface area contributed by atoms with E-state index < -0.39 is 0 Å². The van der Waals surface area contributed by atoms with Gasteiger partial charge in [0.1, 0.15) is 12.6 Å². The number of carbonyl (C=O) groups excluding carboxylic acids is 2. The van der Waals surface area contributed by atoms with E-state index in [1.54, 1.807) is 9.80 Å². The first-order valence-corrected chi connectivity index (χ1v) is 6.72. The third-order valence-electron chi connectivity index (χ3n) is 3.96. The van der Waals surface area contributed by atoms with Crippen molar-refractivity contribution in [1.29, 1.82) is 0 Å². The Kier molecular flexibility index (Phi) is 3.90. The van der Waals surface area contributed by atoms with Gasteiger partial charge < -0.3 is 9.80 Å². The first-order valence-electron chi connectivity index (χ1n) is 6.72. The van der Waals surface area contributed by atoms with Crippen LogP contribution in [-0.2, 0) is 9.59 Å². The molecule has 0 bridgehead atoms. The molecule has 2 atom stereocenters. The summed E-state index contributed by atoms with van der Waals surface area (Å²) in [7, 11) is 0. The number of amides is 2. The molecule has 0 aliphatic carbocycles. The zero-order valence-electron chi connectivity index (χ0n) is 10.9. The van der Waals surface area contributed by atoms with Gasteiger partial charge in [0.05, 0.1) is 0 Å². The molecule has 2 aliphatic heterocycles. The predicted octanol–water partition coefficient (Wildman–Crippen LogP) is 1.01. The summed E-state index contributed by atoms with van der Waals surface area (Å²) in [6.07, 6.45) is 9.51. The molecule has 2 fully saturated rings. The van der Waals surface area contributed by atoms with Crippen LogP contribution >= 0.6 is 0 Å². The van der Waals surface area contributed by atoms with E-state index in [2.05, 4.69) is 5.92 Å². The lowest BCUT2D eigenvalue weighted by Crippen LogP contribution is -2.63. The molecule has 4 heteroatoms. The predicted molar refractivity (Wildman–Crippen MR) is 68.6 cm³/mol. The fourth-order valence-corrected chi connectivity index (χ4v) is 2.91. The van der Waals surface area contributed by atoms with Crippen LogP contribution in [0.4, 0.5) is 0 Å². The molecule has 2 saturated heterocycles. The number of carbonyl (C=O) groups is 2. The van der Waals surface area contributed by atoms with Crippen LogP contribution in [0.3, 0.4) is 0 Å². The Morgan fingerprint density at radius 1 is 1.44 bits per heavy atom. The number of hydrogen-bond acceptors (Lipinski definition) is 2. The Morgan fingerprint density at radius 3 is 2.89 bits per heavy atom. The second-order valence-corrected chi connectivity index (χ2v) is 5.04. The SMILES string of the molecule is C#CCC(CC)N1CC(=O)N2CCCCC2C1=O. The van der Waals surface area contributed by atoms with Crippen molar-refractivity contribution in [1.82, 2.24) is 9.80 Å². The normalized spacial score (nSPS) is 25.7. The van der Waals surface area contributed by atoms with Crippen LogP contribution in [0.15, 0.2) is 0 Å². The molecule has 0 N–H and O–H groups in total. The maximum absolute atomic E-state index is 12.4. The number of fused-ring (bicyclic) bond motifs is 1. The monoisotopic (exact) mass is 248 g/mol. The number of terminal acetylenes is 1. The molecule has 2 aliphatic rings. The number of piperidine rings is 1. The standard InChI is InChI=1S/C14H20N2O2/c1-3-7-11(4-2)16-10-13(17)15-9-6-5-8-12(15)14(16)18/h1,11-12H,4-10H2,2H3. The highest BCUT2D eigenvalue weighted by molar-refractivity contribution is 5.95. The summed E-state index contributed by atoms with van der Waals surface area (Å²) in [5.41, 5.74) is 0. The summed E-state index contributed by atoms with van der Waals surface area (Å²) in [5, 5.41) is 0. The van der Waals surface area contributed by atoms with Crippen LogP contribution in [0.25, 0.3) is 0 Å². The summed E-state index contributed by atoms with van der Waals surface area (Å²) in [6, 6.07) is -0.220. The second kappa shape index (κ2) is 5.43. The smallest absolute Gasteiger partial charge is 0.246 e. The van der Waals surface area contributed by atoms with Gasteiger partial charge in [0, 0.05) is 19.0 Å². The first-order chi connectivity index (χ1) is 8.69. The van der Waals surface area contributed by atoms with E-state index in [1.165, 1.54) is 0 Å². The molecule has 0 aromatic carbocycles. The summed E-state index contributed by atoms with van der Waals surface area (Å²) in [5.74, 6) is 2.78. The summed E-state index contributed by atoms with van der Waals surface area (Å²) < 4.78 is 0. The average molecular weight is 248 g/mol. The van der Waals surface area contributed by atoms with Crippen molar-refractivity contribution >= 4 is 11.8 Å². The quantitative estimate of drug-likeness (QED) is 0.699. The average Bonchev–Trinajstić information content (AvgIpc) is 2.40. The zero-order valence-corrected chi connectivity index (χ0v) is 10.9. The molecule has 2 amide bonds. The Labute approximate surface area is 108 Å². The minimum Gasteiger partial charge on any atom is -0.329 e. The first kappa shape index (κ1) is 12.9. The Hall–Kier alpha value is -1.50. The molecule has 0 spiro atoms. The highest BCUT2D eigenvalue weighted by Gasteiger charge is 2.42. The molecule has 2 rings (SSSR count). The van der Waals surface area contributed by atoms with Crippen molar-refractivity contribution in [2.45, 2.75) is 51.1 Å². The maximum atomic E-state index is 12.4. The van der Waals surface area contributed by atoms with Crippen LogP contribution in [0.1, 0.15) is 39.0 Å². The van der Waals surface area contributed by atoms with E-state index >= 15 is 0 Å². The highest BCUT2D eigenvalue weighted by Crippen LogP contribution is 2.25. The number of piperazine rings is 1. The molecule has 2 unspecified atom stereocenters. The van der Waals surface area contributed by atoms with Crippen molar-refractivity contribution < 1.29 is 9.59 Å². The van der Waals surface area contributed by atoms with Crippen LogP contribution in [-0.4, -0.2) is 46.8 Å². The van der Waals surface area contributed by atoms with Gasteiger partial charge in [-0.05, 0) is 25.7 Å². The van der Waals surface area contributed by atoms with Crippen LogP contribution in [0.5, 0.6) is 0 Å². The van der Waals surface area contributed by atoms with Gasteiger partial charge in [0.15, 0.2) is 0 Å². The summed E-state index contributed by atoms with van der Waals surface area (Å²) >= 11 is 0. The third-order valence-corrected chi connectivity index (χ3v) is 3.96. The second-order valence-electron chi connectivity index (χ2n) is 5.04. The van der Waals surface area contributed by atoms with Crippen molar-refractivity contribution in [2.24, 2.45) is 0 Å². The van der Waals surface area contributed by atoms with Crippen LogP contribution < -0.4 is 0 Å². The fraction of sp³-hybridized carbons (Fsp3) is 0.714. The van der Waals surface area contributed by atoms with Crippen molar-refractivity contribution in [3.05, 3.63) is 0 Å². The minimum absolute atomic E-state index is 0.00975. The van der Waals surface area contributed by atoms with Crippen LogP contribution in [0, 0.1) is 12.3 Å². The van der Waals surface area contributed by atoms with Gasteiger partial charge in [-0.1, -0.05) is 6.92 Å². The molecule has 4 nitrogen and oxygen atoms in total. The molecular formula is C14H20N2O2. The lowest BCUT2D eigenvalue weighted by atomic mass is 9.96. The molecule has 0 saturated carbocycles. The number of hydrogen-bond donors (Lipinski definition) is 0. The summed E-state index contributed by atoms with van der Waals surface area (Å²) in [6.45, 7) is 2.94. The van der Waals surface area contributed by atoms with Gasteiger partial charge in [-0.3, -0.25) is 9.59 Å². The molecular weight excluding hydrogens is 228 g/mol. The molecule has 98 valence electrons. The van der Waals surface area contributed by atoms with Crippen molar-refractivity contribution in [2.75, 3.05) is 13.1 Å². The highest BCUT2D eigenvalue weighted by atomic mass is 16.2. The van der Waals surface area contributed by atoms with Gasteiger partial charge in [0.2, 0.25) is 11.8 Å². The molecule has 0 aromatic rings. The fourth-order valence-electron chi connectivity index (χ4n) is 2.91. The van der Waals surface area contributed by atoms with Gasteiger partial charge in [-0.25, -0.2) is 0 Å². The Morgan fingerprint density at radius 2 is 2.22 bits per heavy atom. The topological polar surface area (TPSA) is 40.6 Å². The summed E-state index contributed by atoms with van der Waals surface area (Å²) in [4.78, 5) is 28.0. The largest absolute Gasteiger partial charge is 0.329 e. The van der Waals surface area contributed by atoms with E-state index in [9.17, 15) is 9.59 Å². The third kappa shape index (κ3) is 2.22. The number of rotatable bonds is 3. The molecule has 0 aromatic heterocycles. The minimum atomic E-state index is -0.230. The van der Waals surface area contributed by atoms with Crippen molar-refractivity contribution in [3.8, 4) is 12.3 Å². The van der Waals surface area contributed by atoms with E-state index in [-0.39, 0.29) is 30.4 Å². The van der Waals surface area contributed by atoms with Crippen molar-refractivity contribution in [3.63, 3.8) is 0 Å². The van der Waals surface area contributed by atoms with Gasteiger partial charge in [-0.15, -0.1) is 12.3 Å². The molecule has 18 heavy (non-hydrogen) atoms. The van der Waals surface area contributed by atoms with Crippen LogP contribution in [0.2, 0.25) is 0 Å². The Balaban J connectivity index is 2.16. The van der Waals surface area contributed by atoms with Gasteiger partial charge in [0.25, 0.3) is 0 Å². The zero-order chi connectivity index (χ0) is 13.1. The lowest BCUT2D eigenvalue weighted by Gasteiger charge is -2.45. The number of nitrogens with zero attached hydrogens (tertiary/aromatic N) is 2. The van der Waals surface area contributed by atoms with E-state index in [0.717, 1.165) is 32.2 Å². The maximum Gasteiger partial charge on any atom is 0.246 e. The Bertz CT molecular complexity index is 386. The van der Waals surface area contributed by atoms with E-state index in [1.807, 2.05) is 6.92 Å². The van der Waals surface area contributed by atoms with Gasteiger partial charge >= 0.3 is 0 Å².